The molecule has 0 aliphatic carbocycles. The number of rotatable bonds is 4. The molecule has 2 nitrogen and oxygen atoms in total. The lowest BCUT2D eigenvalue weighted by Crippen LogP contribution is -2.02. The van der Waals surface area contributed by atoms with Crippen LogP contribution in [0.2, 0.25) is 0 Å². The highest BCUT2D eigenvalue weighted by atomic mass is 32.2. The zero-order valence-corrected chi connectivity index (χ0v) is 13.5. The zero-order chi connectivity index (χ0) is 16.3. The third-order valence-corrected chi connectivity index (χ3v) is 4.68. The van der Waals surface area contributed by atoms with E-state index in [4.69, 9.17) is 0 Å². The third kappa shape index (κ3) is 3.76. The molecule has 22 heavy (non-hydrogen) atoms. The lowest BCUT2D eigenvalue weighted by Gasteiger charge is -2.07. The summed E-state index contributed by atoms with van der Waals surface area (Å²) in [5.41, 5.74) is -2.15. The Bertz CT molecular complexity index is 699. The van der Waals surface area contributed by atoms with Crippen LogP contribution >= 0.6 is 23.4 Å². The van der Waals surface area contributed by atoms with E-state index in [0.29, 0.717) is 5.56 Å². The number of nitriles is 1. The Hall–Kier alpha value is -1.65. The standard InChI is InChI=1S/C15H12F3NOS2/c1-3-13-12(8-19)14(9(2)21-13)10-4-6-11(7-5-10)20-22-15(16,17)18/h4-7H,3H2,1-2H3. The predicted octanol–water partition coefficient (Wildman–Crippen LogP) is 5.70. The van der Waals surface area contributed by atoms with Gasteiger partial charge in [0.1, 0.15) is 11.8 Å². The number of halogens is 3. The molecular formula is C15H12F3NOS2. The summed E-state index contributed by atoms with van der Waals surface area (Å²) in [5.74, 6) is 0.119. The molecule has 0 saturated carbocycles. The number of aryl methyl sites for hydroxylation is 2. The van der Waals surface area contributed by atoms with Crippen molar-refractivity contribution < 1.29 is 17.4 Å². The van der Waals surface area contributed by atoms with Crippen molar-refractivity contribution in [3.8, 4) is 22.9 Å². The van der Waals surface area contributed by atoms with Crippen LogP contribution < -0.4 is 4.18 Å². The van der Waals surface area contributed by atoms with Crippen LogP contribution in [-0.4, -0.2) is 5.51 Å². The summed E-state index contributed by atoms with van der Waals surface area (Å²) in [6.07, 6.45) is 0.776. The molecule has 0 radical (unpaired) electrons. The highest BCUT2D eigenvalue weighted by Crippen LogP contribution is 2.38. The van der Waals surface area contributed by atoms with E-state index in [1.54, 1.807) is 23.5 Å². The summed E-state index contributed by atoms with van der Waals surface area (Å²) in [5, 5.41) is 9.34. The van der Waals surface area contributed by atoms with Gasteiger partial charge in [0.25, 0.3) is 0 Å². The van der Waals surface area contributed by atoms with Gasteiger partial charge in [0.15, 0.2) is 12.0 Å². The molecule has 0 bridgehead atoms. The molecule has 1 aromatic heterocycles. The van der Waals surface area contributed by atoms with Gasteiger partial charge in [-0.15, -0.1) is 11.3 Å². The van der Waals surface area contributed by atoms with Gasteiger partial charge in [-0.25, -0.2) is 0 Å². The van der Waals surface area contributed by atoms with Gasteiger partial charge in [-0.1, -0.05) is 19.1 Å². The van der Waals surface area contributed by atoms with Gasteiger partial charge >= 0.3 is 5.51 Å². The van der Waals surface area contributed by atoms with Crippen molar-refractivity contribution in [3.63, 3.8) is 0 Å². The van der Waals surface area contributed by atoms with Gasteiger partial charge in [-0.05, 0) is 31.0 Å². The van der Waals surface area contributed by atoms with Crippen LogP contribution in [0.1, 0.15) is 22.2 Å². The number of nitrogens with zero attached hydrogens (tertiary/aromatic N) is 1. The molecule has 0 N–H and O–H groups in total. The topological polar surface area (TPSA) is 33.0 Å². The molecule has 0 aliphatic heterocycles. The monoisotopic (exact) mass is 343 g/mol. The number of benzene rings is 1. The summed E-state index contributed by atoms with van der Waals surface area (Å²) < 4.78 is 40.9. The van der Waals surface area contributed by atoms with Crippen LogP contribution in [0.5, 0.6) is 5.75 Å². The minimum atomic E-state index is -4.44. The first kappa shape index (κ1) is 16.7. The van der Waals surface area contributed by atoms with Crippen molar-refractivity contribution in [1.29, 1.82) is 5.26 Å². The second-order valence-electron chi connectivity index (χ2n) is 4.43. The summed E-state index contributed by atoms with van der Waals surface area (Å²) in [7, 11) is 0. The van der Waals surface area contributed by atoms with Gasteiger partial charge < -0.3 is 4.18 Å². The fourth-order valence-corrected chi connectivity index (χ4v) is 3.48. The van der Waals surface area contributed by atoms with Crippen LogP contribution in [0.4, 0.5) is 13.2 Å². The van der Waals surface area contributed by atoms with Gasteiger partial charge in [-0.2, -0.15) is 18.4 Å². The van der Waals surface area contributed by atoms with Gasteiger partial charge in [0, 0.05) is 15.3 Å². The van der Waals surface area contributed by atoms with E-state index in [1.807, 2.05) is 13.8 Å². The van der Waals surface area contributed by atoms with E-state index < -0.39 is 17.6 Å². The van der Waals surface area contributed by atoms with Crippen LogP contribution in [0.25, 0.3) is 11.1 Å². The Kier molecular flexibility index (Phi) is 5.04. The van der Waals surface area contributed by atoms with E-state index in [2.05, 4.69) is 10.3 Å². The maximum Gasteiger partial charge on any atom is 0.479 e. The third-order valence-electron chi connectivity index (χ3n) is 2.97. The number of hydrogen-bond donors (Lipinski definition) is 0. The molecule has 1 aromatic carbocycles. The van der Waals surface area contributed by atoms with E-state index in [0.717, 1.165) is 27.3 Å². The zero-order valence-electron chi connectivity index (χ0n) is 11.8. The molecule has 2 rings (SSSR count). The number of hydrogen-bond acceptors (Lipinski definition) is 4. The molecule has 0 fully saturated rings. The van der Waals surface area contributed by atoms with E-state index >= 15 is 0 Å². The Labute approximate surface area is 134 Å². The van der Waals surface area contributed by atoms with Crippen molar-refractivity contribution in [1.82, 2.24) is 0 Å². The van der Waals surface area contributed by atoms with E-state index in [9.17, 15) is 18.4 Å². The van der Waals surface area contributed by atoms with E-state index in [-0.39, 0.29) is 5.75 Å². The number of alkyl halides is 3. The fourth-order valence-electron chi connectivity index (χ4n) is 2.09. The first-order valence-corrected chi connectivity index (χ1v) is 7.96. The van der Waals surface area contributed by atoms with Gasteiger partial charge in [0.05, 0.1) is 5.56 Å². The molecule has 0 aliphatic rings. The average Bonchev–Trinajstić information content (AvgIpc) is 2.80. The predicted molar refractivity (Wildman–Crippen MR) is 82.9 cm³/mol. The first-order valence-electron chi connectivity index (χ1n) is 6.41. The number of thiophene rings is 1. The van der Waals surface area contributed by atoms with Crippen molar-refractivity contribution in [2.24, 2.45) is 0 Å². The second kappa shape index (κ2) is 6.63. The minimum Gasteiger partial charge on any atom is -0.417 e. The van der Waals surface area contributed by atoms with Crippen LogP contribution in [-0.2, 0) is 6.42 Å². The summed E-state index contributed by atoms with van der Waals surface area (Å²) in [4.78, 5) is 2.04. The molecule has 2 aromatic rings. The Morgan fingerprint density at radius 1 is 1.27 bits per heavy atom. The highest BCUT2D eigenvalue weighted by molar-refractivity contribution is 7.95. The lowest BCUT2D eigenvalue weighted by atomic mass is 10.0. The van der Waals surface area contributed by atoms with Crippen molar-refractivity contribution in [2.45, 2.75) is 25.8 Å². The quantitative estimate of drug-likeness (QED) is 0.667. The second-order valence-corrected chi connectivity index (χ2v) is 6.54. The molecule has 0 saturated heterocycles. The van der Waals surface area contributed by atoms with Crippen LogP contribution in [0.3, 0.4) is 0 Å². The van der Waals surface area contributed by atoms with Crippen LogP contribution in [0.15, 0.2) is 24.3 Å². The molecule has 7 heteroatoms. The molecule has 0 atom stereocenters. The molecule has 116 valence electrons. The first-order chi connectivity index (χ1) is 10.4. The Morgan fingerprint density at radius 2 is 1.91 bits per heavy atom. The maximum absolute atomic E-state index is 12.1. The smallest absolute Gasteiger partial charge is 0.417 e. The summed E-state index contributed by atoms with van der Waals surface area (Å²) in [6.45, 7) is 3.92. The summed E-state index contributed by atoms with van der Waals surface area (Å²) in [6, 6.07) is 8.50. The SMILES string of the molecule is CCc1sc(C)c(-c2ccc(OSC(F)(F)F)cc2)c1C#N. The Balaban J connectivity index is 2.28. The van der Waals surface area contributed by atoms with Crippen molar-refractivity contribution >= 4 is 23.4 Å². The molecule has 0 unspecified atom stereocenters. The molecule has 0 spiro atoms. The Morgan fingerprint density at radius 3 is 2.41 bits per heavy atom. The largest absolute Gasteiger partial charge is 0.479 e. The van der Waals surface area contributed by atoms with Gasteiger partial charge in [-0.3, -0.25) is 0 Å². The normalized spacial score (nSPS) is 11.3. The average molecular weight is 343 g/mol. The minimum absolute atomic E-state index is 0.119. The van der Waals surface area contributed by atoms with Crippen molar-refractivity contribution in [3.05, 3.63) is 39.6 Å². The van der Waals surface area contributed by atoms with E-state index in [1.165, 1.54) is 12.1 Å². The van der Waals surface area contributed by atoms with Crippen LogP contribution in [0, 0.1) is 18.3 Å². The van der Waals surface area contributed by atoms with Gasteiger partial charge in [0.2, 0.25) is 0 Å². The fraction of sp³-hybridized carbons (Fsp3) is 0.267. The molecule has 1 heterocycles. The summed E-state index contributed by atoms with van der Waals surface area (Å²) >= 11 is 1.03. The lowest BCUT2D eigenvalue weighted by molar-refractivity contribution is -0.0369. The molecule has 0 amide bonds. The van der Waals surface area contributed by atoms with Crippen molar-refractivity contribution in [2.75, 3.05) is 0 Å². The highest BCUT2D eigenvalue weighted by Gasteiger charge is 2.31. The molecular weight excluding hydrogens is 331 g/mol. The maximum atomic E-state index is 12.1.